The highest BCUT2D eigenvalue weighted by Gasteiger charge is 2.40. The van der Waals surface area contributed by atoms with Crippen molar-refractivity contribution in [2.24, 2.45) is 0 Å². The topological polar surface area (TPSA) is 99.1 Å². The van der Waals surface area contributed by atoms with Crippen LogP contribution in [0.3, 0.4) is 0 Å². The molecule has 0 aromatic carbocycles. The molecule has 2 N–H and O–H groups in total. The molecular weight excluding hydrogens is 474 g/mol. The number of aliphatic hydroxyl groups is 2. The Morgan fingerprint density at radius 1 is 0.676 bits per heavy atom. The van der Waals surface area contributed by atoms with Crippen LogP contribution < -0.4 is 0 Å². The van der Waals surface area contributed by atoms with Gasteiger partial charge in [-0.1, -0.05) is 0 Å². The van der Waals surface area contributed by atoms with Gasteiger partial charge in [-0.3, -0.25) is 4.90 Å². The van der Waals surface area contributed by atoms with Gasteiger partial charge >= 0.3 is 17.4 Å². The van der Waals surface area contributed by atoms with Crippen molar-refractivity contribution in [2.45, 2.75) is 78.4 Å². The fourth-order valence-corrected chi connectivity index (χ4v) is 10.1. The van der Waals surface area contributed by atoms with Crippen molar-refractivity contribution in [3.63, 3.8) is 0 Å². The molecule has 0 saturated carbocycles. The number of hydrogen-bond acceptors (Lipinski definition) is 9. The van der Waals surface area contributed by atoms with E-state index >= 15 is 0 Å². The molecule has 0 aliphatic rings. The average molecular weight is 528 g/mol. The summed E-state index contributed by atoms with van der Waals surface area (Å²) in [7, 11) is -3.42. The Bertz CT molecular complexity index is 393. The Kier molecular flexibility index (Phi) is 21.2. The number of ether oxygens (including phenoxy) is 1. The van der Waals surface area contributed by atoms with Crippen LogP contribution in [0.5, 0.6) is 0 Å². The molecular formula is C23H53NO8Si2. The summed E-state index contributed by atoms with van der Waals surface area (Å²) < 4.78 is 35.7. The zero-order chi connectivity index (χ0) is 25.7. The molecule has 0 saturated heterocycles. The van der Waals surface area contributed by atoms with Gasteiger partial charge in [-0.15, -0.1) is 0 Å². The molecule has 0 spiro atoms. The van der Waals surface area contributed by atoms with Crippen molar-refractivity contribution < 1.29 is 37.1 Å². The molecule has 11 heteroatoms. The molecule has 206 valence electrons. The minimum atomic E-state index is -2.69. The lowest BCUT2D eigenvalue weighted by atomic mass is 10.0. The van der Waals surface area contributed by atoms with Crippen LogP contribution >= 0.6 is 0 Å². The predicted molar refractivity (Wildman–Crippen MR) is 139 cm³/mol. The van der Waals surface area contributed by atoms with Crippen LogP contribution in [-0.2, 0) is 26.9 Å². The van der Waals surface area contributed by atoms with Gasteiger partial charge in [0.15, 0.2) is 0 Å². The maximum absolute atomic E-state index is 9.62. The lowest BCUT2D eigenvalue weighted by molar-refractivity contribution is 0.0685. The third-order valence-electron chi connectivity index (χ3n) is 5.68. The van der Waals surface area contributed by atoms with Crippen molar-refractivity contribution >= 4 is 17.4 Å². The molecule has 0 aliphatic carbocycles. The number of methoxy groups -OCH3 is 1. The van der Waals surface area contributed by atoms with E-state index in [1.54, 1.807) is 7.11 Å². The largest absolute Gasteiger partial charge is 0.500 e. The first kappa shape index (κ1) is 34.1. The van der Waals surface area contributed by atoms with Gasteiger partial charge in [-0.25, -0.2) is 0 Å². The highest BCUT2D eigenvalue weighted by molar-refractivity contribution is 6.67. The summed E-state index contributed by atoms with van der Waals surface area (Å²) >= 11 is 0. The summed E-state index contributed by atoms with van der Waals surface area (Å²) in [6, 6.07) is 1.82. The SMILES string of the molecule is CCO[Si](CCCC(CCC[Si](OCC)(OCC)OCC)N(CCO)CCO)(COC)OCC. The fraction of sp³-hybridized carbons (Fsp3) is 1.00. The fourth-order valence-electron chi connectivity index (χ4n) is 4.49. The van der Waals surface area contributed by atoms with Crippen LogP contribution in [0.2, 0.25) is 12.1 Å². The second-order valence-corrected chi connectivity index (χ2v) is 14.0. The van der Waals surface area contributed by atoms with Gasteiger partial charge in [0.05, 0.1) is 19.4 Å². The van der Waals surface area contributed by atoms with E-state index in [1.165, 1.54) is 0 Å². The van der Waals surface area contributed by atoms with Crippen LogP contribution in [-0.4, -0.2) is 111 Å². The molecule has 0 rings (SSSR count). The van der Waals surface area contributed by atoms with Gasteiger partial charge < -0.3 is 37.1 Å². The molecule has 0 heterocycles. The first-order valence-corrected chi connectivity index (χ1v) is 17.3. The van der Waals surface area contributed by atoms with Crippen LogP contribution in [0.15, 0.2) is 0 Å². The molecule has 1 unspecified atom stereocenters. The Hall–Kier alpha value is 0.0738. The van der Waals surface area contributed by atoms with Crippen molar-refractivity contribution in [1.29, 1.82) is 0 Å². The van der Waals surface area contributed by atoms with Gasteiger partial charge in [-0.05, 0) is 66.3 Å². The van der Waals surface area contributed by atoms with E-state index in [0.29, 0.717) is 52.4 Å². The standard InChI is InChI=1S/C23H53NO8Si2/c1-7-28-33(22-27-6,29-8-2)20-12-14-23(24(16-18-25)17-19-26)15-13-21-34(30-9-3,31-10-4)32-11-5/h23,25-26H,7-22H2,1-6H3. The highest BCUT2D eigenvalue weighted by atomic mass is 28.4. The Labute approximate surface area is 210 Å². The summed E-state index contributed by atoms with van der Waals surface area (Å²) in [4.78, 5) is 2.19. The number of aliphatic hydroxyl groups excluding tert-OH is 2. The minimum Gasteiger partial charge on any atom is -0.395 e. The first-order chi connectivity index (χ1) is 16.5. The van der Waals surface area contributed by atoms with Crippen molar-refractivity contribution in [1.82, 2.24) is 4.90 Å². The lowest BCUT2D eigenvalue weighted by Gasteiger charge is -2.34. The molecule has 0 amide bonds. The summed E-state index contributed by atoms with van der Waals surface area (Å²) in [6.07, 6.45) is 4.16. The van der Waals surface area contributed by atoms with E-state index in [0.717, 1.165) is 37.8 Å². The summed E-state index contributed by atoms with van der Waals surface area (Å²) in [5.74, 6) is 0. The van der Waals surface area contributed by atoms with Crippen LogP contribution in [0, 0.1) is 0 Å². The van der Waals surface area contributed by atoms with Crippen LogP contribution in [0.4, 0.5) is 0 Å². The Morgan fingerprint density at radius 2 is 1.12 bits per heavy atom. The van der Waals surface area contributed by atoms with E-state index in [4.69, 9.17) is 26.9 Å². The van der Waals surface area contributed by atoms with E-state index in [1.807, 2.05) is 34.6 Å². The second kappa shape index (κ2) is 21.2. The molecule has 0 aromatic rings. The number of nitrogens with zero attached hydrogens (tertiary/aromatic N) is 1. The van der Waals surface area contributed by atoms with Gasteiger partial charge in [0.1, 0.15) is 0 Å². The molecule has 0 radical (unpaired) electrons. The smallest absolute Gasteiger partial charge is 0.395 e. The Balaban J connectivity index is 5.33. The number of hydrogen-bond donors (Lipinski definition) is 2. The van der Waals surface area contributed by atoms with Crippen LogP contribution in [0.1, 0.15) is 60.3 Å². The maximum Gasteiger partial charge on any atom is 0.500 e. The lowest BCUT2D eigenvalue weighted by Crippen LogP contribution is -2.48. The third-order valence-corrected chi connectivity index (χ3v) is 12.3. The summed E-state index contributed by atoms with van der Waals surface area (Å²) in [5.41, 5.74) is 0. The number of rotatable bonds is 25. The third kappa shape index (κ3) is 13.4. The van der Waals surface area contributed by atoms with E-state index in [2.05, 4.69) is 4.90 Å². The first-order valence-electron chi connectivity index (χ1n) is 13.1. The highest BCUT2D eigenvalue weighted by Crippen LogP contribution is 2.25. The summed E-state index contributed by atoms with van der Waals surface area (Å²) in [6.45, 7) is 14.0. The zero-order valence-electron chi connectivity index (χ0n) is 22.7. The molecule has 9 nitrogen and oxygen atoms in total. The van der Waals surface area contributed by atoms with Gasteiger partial charge in [0.2, 0.25) is 0 Å². The maximum atomic E-state index is 9.62. The molecule has 34 heavy (non-hydrogen) atoms. The quantitative estimate of drug-likeness (QED) is 0.174. The van der Waals surface area contributed by atoms with E-state index in [9.17, 15) is 10.2 Å². The Morgan fingerprint density at radius 3 is 1.50 bits per heavy atom. The monoisotopic (exact) mass is 527 g/mol. The average Bonchev–Trinajstić information content (AvgIpc) is 2.79. The van der Waals surface area contributed by atoms with E-state index < -0.39 is 17.4 Å². The van der Waals surface area contributed by atoms with Crippen molar-refractivity contribution in [3.8, 4) is 0 Å². The minimum absolute atomic E-state index is 0.0618. The predicted octanol–water partition coefficient (Wildman–Crippen LogP) is 2.95. The molecule has 0 aromatic heterocycles. The van der Waals surface area contributed by atoms with Gasteiger partial charge in [0.25, 0.3) is 0 Å². The molecule has 0 aliphatic heterocycles. The van der Waals surface area contributed by atoms with Crippen LogP contribution in [0.25, 0.3) is 0 Å². The second-order valence-electron chi connectivity index (χ2n) is 8.11. The zero-order valence-corrected chi connectivity index (χ0v) is 24.7. The van der Waals surface area contributed by atoms with Gasteiger partial charge in [-0.2, -0.15) is 0 Å². The summed E-state index contributed by atoms with van der Waals surface area (Å²) in [5, 5.41) is 19.2. The molecule has 1 atom stereocenters. The molecule has 0 bridgehead atoms. The molecule has 0 fully saturated rings. The van der Waals surface area contributed by atoms with Crippen molar-refractivity contribution in [3.05, 3.63) is 0 Å². The normalized spacial score (nSPS) is 13.7. The van der Waals surface area contributed by atoms with E-state index in [-0.39, 0.29) is 19.3 Å². The van der Waals surface area contributed by atoms with Gasteiger partial charge in [0, 0.05) is 65.3 Å². The van der Waals surface area contributed by atoms with Crippen molar-refractivity contribution in [2.75, 3.05) is 72.7 Å².